The highest BCUT2D eigenvalue weighted by Gasteiger charge is 2.40. The molecule has 5 nitrogen and oxygen atoms in total. The molecule has 1 unspecified atom stereocenters. The second kappa shape index (κ2) is 8.67. The van der Waals surface area contributed by atoms with E-state index in [1.807, 2.05) is 6.92 Å². The summed E-state index contributed by atoms with van der Waals surface area (Å²) in [5, 5.41) is 12.4. The summed E-state index contributed by atoms with van der Waals surface area (Å²) in [5.74, 6) is -0.928. The largest absolute Gasteiger partial charge is 0.481 e. The minimum Gasteiger partial charge on any atom is -0.481 e. The van der Waals surface area contributed by atoms with Crippen LogP contribution < -0.4 is 5.32 Å². The molecule has 0 spiro atoms. The highest BCUT2D eigenvalue weighted by molar-refractivity contribution is 5.82. The summed E-state index contributed by atoms with van der Waals surface area (Å²) in [6, 6.07) is 0. The molecular weight excluding hydrogens is 294 g/mol. The second-order valence-electron chi connectivity index (χ2n) is 7.16. The Morgan fingerprint density at radius 2 is 1.74 bits per heavy atom. The van der Waals surface area contributed by atoms with Gasteiger partial charge in [0.05, 0.1) is 11.5 Å². The van der Waals surface area contributed by atoms with E-state index < -0.39 is 17.5 Å². The number of rotatable bonds is 7. The summed E-state index contributed by atoms with van der Waals surface area (Å²) in [6.07, 6.45) is 10.3. The Morgan fingerprint density at radius 1 is 1.13 bits per heavy atom. The van der Waals surface area contributed by atoms with Gasteiger partial charge in [0.25, 0.3) is 0 Å². The van der Waals surface area contributed by atoms with Gasteiger partial charge in [0.1, 0.15) is 6.10 Å². The second-order valence-corrected chi connectivity index (χ2v) is 7.16. The molecule has 2 aliphatic rings. The van der Waals surface area contributed by atoms with E-state index in [1.165, 1.54) is 19.3 Å². The van der Waals surface area contributed by atoms with Crippen molar-refractivity contribution in [1.82, 2.24) is 5.32 Å². The number of amides is 1. The van der Waals surface area contributed by atoms with Crippen molar-refractivity contribution in [2.24, 2.45) is 5.41 Å². The first-order valence-corrected chi connectivity index (χ1v) is 9.24. The predicted octanol–water partition coefficient (Wildman–Crippen LogP) is 3.27. The van der Waals surface area contributed by atoms with Crippen LogP contribution in [0.3, 0.4) is 0 Å². The van der Waals surface area contributed by atoms with E-state index >= 15 is 0 Å². The third-order valence-electron chi connectivity index (χ3n) is 5.44. The maximum Gasteiger partial charge on any atom is 0.311 e. The number of ether oxygens (including phenoxy) is 1. The molecule has 0 aromatic rings. The van der Waals surface area contributed by atoms with E-state index in [0.717, 1.165) is 32.1 Å². The number of nitrogens with one attached hydrogen (secondary N) is 1. The van der Waals surface area contributed by atoms with Gasteiger partial charge in [-0.25, -0.2) is 0 Å². The smallest absolute Gasteiger partial charge is 0.311 e. The predicted molar refractivity (Wildman–Crippen MR) is 88.2 cm³/mol. The zero-order chi connectivity index (χ0) is 16.7. The molecule has 0 saturated heterocycles. The molecule has 1 amide bonds. The maximum absolute atomic E-state index is 12.4. The number of hydrogen-bond donors (Lipinski definition) is 2. The third-order valence-corrected chi connectivity index (χ3v) is 5.44. The van der Waals surface area contributed by atoms with Crippen LogP contribution in [-0.2, 0) is 14.3 Å². The van der Waals surface area contributed by atoms with Gasteiger partial charge in [0.15, 0.2) is 0 Å². The standard InChI is InChI=1S/C18H31NO4/c1-2-15(23-14-9-5-3-6-10-14)16(20)19-13-18(17(21)22)11-7-4-8-12-18/h14-15H,2-13H2,1H3,(H,19,20)(H,21,22). The fraction of sp³-hybridized carbons (Fsp3) is 0.889. The van der Waals surface area contributed by atoms with Gasteiger partial charge >= 0.3 is 5.97 Å². The van der Waals surface area contributed by atoms with Gasteiger partial charge in [-0.05, 0) is 32.1 Å². The van der Waals surface area contributed by atoms with Crippen LogP contribution in [0.2, 0.25) is 0 Å². The molecule has 0 bridgehead atoms. The van der Waals surface area contributed by atoms with Crippen LogP contribution in [0.1, 0.15) is 77.6 Å². The molecule has 23 heavy (non-hydrogen) atoms. The molecule has 2 aliphatic carbocycles. The molecule has 0 aliphatic heterocycles. The van der Waals surface area contributed by atoms with Crippen LogP contribution >= 0.6 is 0 Å². The Morgan fingerprint density at radius 3 is 2.30 bits per heavy atom. The lowest BCUT2D eigenvalue weighted by Crippen LogP contribution is -2.47. The van der Waals surface area contributed by atoms with Crippen molar-refractivity contribution in [1.29, 1.82) is 0 Å². The minimum absolute atomic E-state index is 0.149. The van der Waals surface area contributed by atoms with E-state index in [-0.39, 0.29) is 18.6 Å². The van der Waals surface area contributed by atoms with E-state index in [9.17, 15) is 14.7 Å². The fourth-order valence-electron chi connectivity index (χ4n) is 3.84. The maximum atomic E-state index is 12.4. The summed E-state index contributed by atoms with van der Waals surface area (Å²) in [5.41, 5.74) is -0.781. The molecule has 0 aromatic heterocycles. The Labute approximate surface area is 139 Å². The summed E-state index contributed by atoms with van der Waals surface area (Å²) in [7, 11) is 0. The number of carboxylic acids is 1. The van der Waals surface area contributed by atoms with E-state index in [2.05, 4.69) is 5.32 Å². The monoisotopic (exact) mass is 325 g/mol. The molecule has 132 valence electrons. The Bertz CT molecular complexity index is 398. The van der Waals surface area contributed by atoms with Crippen molar-refractivity contribution in [3.8, 4) is 0 Å². The van der Waals surface area contributed by atoms with Crippen LogP contribution in [0.5, 0.6) is 0 Å². The average molecular weight is 325 g/mol. The van der Waals surface area contributed by atoms with Gasteiger partial charge < -0.3 is 15.2 Å². The fourth-order valence-corrected chi connectivity index (χ4v) is 3.84. The summed E-state index contributed by atoms with van der Waals surface area (Å²) >= 11 is 0. The molecule has 0 heterocycles. The number of aliphatic carboxylic acids is 1. The van der Waals surface area contributed by atoms with Crippen LogP contribution in [-0.4, -0.2) is 35.7 Å². The first kappa shape index (κ1) is 18.2. The third kappa shape index (κ3) is 4.93. The number of hydrogen-bond acceptors (Lipinski definition) is 3. The first-order chi connectivity index (χ1) is 11.1. The lowest BCUT2D eigenvalue weighted by atomic mass is 9.74. The van der Waals surface area contributed by atoms with Crippen molar-refractivity contribution < 1.29 is 19.4 Å². The van der Waals surface area contributed by atoms with Gasteiger partial charge in [0.2, 0.25) is 5.91 Å². The Hall–Kier alpha value is -1.10. The van der Waals surface area contributed by atoms with E-state index in [4.69, 9.17) is 4.74 Å². The molecule has 2 saturated carbocycles. The molecular formula is C18H31NO4. The topological polar surface area (TPSA) is 75.6 Å². The summed E-state index contributed by atoms with van der Waals surface area (Å²) < 4.78 is 5.98. The molecule has 0 aromatic carbocycles. The average Bonchev–Trinajstić information content (AvgIpc) is 2.59. The lowest BCUT2D eigenvalue weighted by molar-refractivity contribution is -0.151. The van der Waals surface area contributed by atoms with Gasteiger partial charge in [-0.15, -0.1) is 0 Å². The number of carboxylic acid groups (broad SMARTS) is 1. The normalized spacial score (nSPS) is 23.2. The zero-order valence-electron chi connectivity index (χ0n) is 14.3. The van der Waals surface area contributed by atoms with Crippen molar-refractivity contribution >= 4 is 11.9 Å². The van der Waals surface area contributed by atoms with Crippen molar-refractivity contribution in [3.63, 3.8) is 0 Å². The van der Waals surface area contributed by atoms with Gasteiger partial charge in [-0.1, -0.05) is 45.4 Å². The van der Waals surface area contributed by atoms with Crippen LogP contribution in [0, 0.1) is 5.41 Å². The van der Waals surface area contributed by atoms with Crippen LogP contribution in [0.15, 0.2) is 0 Å². The Balaban J connectivity index is 1.86. The van der Waals surface area contributed by atoms with Crippen LogP contribution in [0.25, 0.3) is 0 Å². The van der Waals surface area contributed by atoms with Crippen molar-refractivity contribution in [3.05, 3.63) is 0 Å². The van der Waals surface area contributed by atoms with E-state index in [1.54, 1.807) is 0 Å². The van der Waals surface area contributed by atoms with Gasteiger partial charge in [0, 0.05) is 6.54 Å². The SMILES string of the molecule is CCC(OC1CCCCC1)C(=O)NCC1(C(=O)O)CCCCC1. The van der Waals surface area contributed by atoms with E-state index in [0.29, 0.717) is 19.3 Å². The first-order valence-electron chi connectivity index (χ1n) is 9.24. The molecule has 2 rings (SSSR count). The summed E-state index contributed by atoms with van der Waals surface area (Å²) in [4.78, 5) is 24.1. The van der Waals surface area contributed by atoms with Crippen LogP contribution in [0.4, 0.5) is 0 Å². The van der Waals surface area contributed by atoms with Crippen molar-refractivity contribution in [2.45, 2.75) is 89.8 Å². The van der Waals surface area contributed by atoms with Gasteiger partial charge in [-0.3, -0.25) is 9.59 Å². The molecule has 2 N–H and O–H groups in total. The lowest BCUT2D eigenvalue weighted by Gasteiger charge is -2.34. The quantitative estimate of drug-likeness (QED) is 0.753. The zero-order valence-corrected chi connectivity index (χ0v) is 14.3. The highest BCUT2D eigenvalue weighted by atomic mass is 16.5. The molecule has 2 fully saturated rings. The summed E-state index contributed by atoms with van der Waals surface area (Å²) in [6.45, 7) is 2.17. The minimum atomic E-state index is -0.781. The molecule has 1 atom stereocenters. The van der Waals surface area contributed by atoms with Crippen molar-refractivity contribution in [2.75, 3.05) is 6.54 Å². The Kier molecular flexibility index (Phi) is 6.88. The highest BCUT2D eigenvalue weighted by Crippen LogP contribution is 2.36. The molecule has 0 radical (unpaired) electrons. The van der Waals surface area contributed by atoms with Gasteiger partial charge in [-0.2, -0.15) is 0 Å². The number of carbonyl (C=O) groups is 2. The molecule has 5 heteroatoms. The number of carbonyl (C=O) groups excluding carboxylic acids is 1.